The van der Waals surface area contributed by atoms with Crippen LogP contribution in [0.25, 0.3) is 0 Å². The van der Waals surface area contributed by atoms with Crippen LogP contribution >= 0.6 is 0 Å². The summed E-state index contributed by atoms with van der Waals surface area (Å²) in [6.45, 7) is 5.32. The van der Waals surface area contributed by atoms with E-state index in [-0.39, 0.29) is 24.0 Å². The lowest BCUT2D eigenvalue weighted by molar-refractivity contribution is -0.130. The number of likely N-dealkylation sites (tertiary alicyclic amines) is 2. The van der Waals surface area contributed by atoms with Gasteiger partial charge in [0, 0.05) is 43.2 Å². The Morgan fingerprint density at radius 1 is 1.17 bits per heavy atom. The Balaban J connectivity index is 1.82. The van der Waals surface area contributed by atoms with Crippen LogP contribution in [0, 0.1) is 11.6 Å². The SMILES string of the molecule is CC(=O)N1CCC[C@@H]1[C@@H]1CCCN1[C@@H](C)c1ccc(F)cc1F. The molecule has 2 aliphatic rings. The Labute approximate surface area is 136 Å². The van der Waals surface area contributed by atoms with Crippen LogP contribution in [0.4, 0.5) is 8.78 Å². The lowest BCUT2D eigenvalue weighted by atomic mass is 9.99. The van der Waals surface area contributed by atoms with Gasteiger partial charge in [0.1, 0.15) is 11.6 Å². The molecule has 1 aromatic rings. The highest BCUT2D eigenvalue weighted by molar-refractivity contribution is 5.74. The van der Waals surface area contributed by atoms with Crippen LogP contribution in [0.3, 0.4) is 0 Å². The van der Waals surface area contributed by atoms with Crippen molar-refractivity contribution in [1.82, 2.24) is 9.80 Å². The third-order valence-electron chi connectivity index (χ3n) is 5.40. The Kier molecular flexibility index (Phi) is 4.67. The van der Waals surface area contributed by atoms with E-state index in [4.69, 9.17) is 0 Å². The molecule has 1 amide bonds. The molecule has 0 radical (unpaired) electrons. The number of carbonyl (C=O) groups is 1. The summed E-state index contributed by atoms with van der Waals surface area (Å²) in [6, 6.07) is 4.19. The molecule has 0 aliphatic carbocycles. The average molecular weight is 322 g/mol. The van der Waals surface area contributed by atoms with Crippen LogP contribution in [-0.4, -0.2) is 40.9 Å². The summed E-state index contributed by atoms with van der Waals surface area (Å²) in [4.78, 5) is 16.1. The van der Waals surface area contributed by atoms with E-state index in [1.165, 1.54) is 6.07 Å². The fourth-order valence-corrected chi connectivity index (χ4v) is 4.31. The number of benzene rings is 1. The summed E-state index contributed by atoms with van der Waals surface area (Å²) in [5, 5.41) is 0. The van der Waals surface area contributed by atoms with Gasteiger partial charge in [-0.15, -0.1) is 0 Å². The van der Waals surface area contributed by atoms with Gasteiger partial charge in [-0.2, -0.15) is 0 Å². The molecule has 0 aromatic heterocycles. The first-order chi connectivity index (χ1) is 11.0. The van der Waals surface area contributed by atoms with Gasteiger partial charge in [-0.3, -0.25) is 9.69 Å². The van der Waals surface area contributed by atoms with Crippen LogP contribution in [0.5, 0.6) is 0 Å². The van der Waals surface area contributed by atoms with E-state index in [0.717, 1.165) is 44.8 Å². The lowest BCUT2D eigenvalue weighted by Crippen LogP contribution is -2.48. The standard InChI is InChI=1S/C18H24F2N2O/c1-12(15-8-7-14(19)11-16(15)20)21-9-3-5-17(21)18-6-4-10-22(18)13(2)23/h7-8,11-12,17-18H,3-6,9-10H2,1-2H3/t12-,17-,18+/m0/s1. The summed E-state index contributed by atoms with van der Waals surface area (Å²) in [7, 11) is 0. The molecule has 3 rings (SSSR count). The largest absolute Gasteiger partial charge is 0.338 e. The smallest absolute Gasteiger partial charge is 0.219 e. The number of nitrogens with zero attached hydrogens (tertiary/aromatic N) is 2. The van der Waals surface area contributed by atoms with Gasteiger partial charge in [0.2, 0.25) is 5.91 Å². The Hall–Kier alpha value is -1.49. The highest BCUT2D eigenvalue weighted by atomic mass is 19.1. The van der Waals surface area contributed by atoms with Crippen molar-refractivity contribution in [3.8, 4) is 0 Å². The summed E-state index contributed by atoms with van der Waals surface area (Å²) < 4.78 is 27.3. The van der Waals surface area contributed by atoms with Crippen LogP contribution in [0.1, 0.15) is 51.1 Å². The Bertz CT molecular complexity index is 592. The number of hydrogen-bond donors (Lipinski definition) is 0. The number of hydrogen-bond acceptors (Lipinski definition) is 2. The molecule has 0 saturated carbocycles. The second-order valence-corrected chi connectivity index (χ2v) is 6.71. The zero-order valence-corrected chi connectivity index (χ0v) is 13.8. The first-order valence-electron chi connectivity index (χ1n) is 8.47. The van der Waals surface area contributed by atoms with Crippen LogP contribution in [0.2, 0.25) is 0 Å². The van der Waals surface area contributed by atoms with Crippen molar-refractivity contribution < 1.29 is 13.6 Å². The Morgan fingerprint density at radius 2 is 1.87 bits per heavy atom. The molecule has 2 fully saturated rings. The summed E-state index contributed by atoms with van der Waals surface area (Å²) in [5.41, 5.74) is 0.533. The predicted molar refractivity (Wildman–Crippen MR) is 84.9 cm³/mol. The Morgan fingerprint density at radius 3 is 2.57 bits per heavy atom. The predicted octanol–water partition coefficient (Wildman–Crippen LogP) is 3.50. The van der Waals surface area contributed by atoms with Gasteiger partial charge in [0.15, 0.2) is 0 Å². The normalized spacial score (nSPS) is 26.7. The molecule has 0 N–H and O–H groups in total. The molecule has 2 heterocycles. The third kappa shape index (κ3) is 3.11. The molecule has 0 bridgehead atoms. The second kappa shape index (κ2) is 6.56. The van der Waals surface area contributed by atoms with Gasteiger partial charge < -0.3 is 4.90 Å². The van der Waals surface area contributed by atoms with Crippen LogP contribution in [0.15, 0.2) is 18.2 Å². The van der Waals surface area contributed by atoms with Crippen molar-refractivity contribution in [2.24, 2.45) is 0 Å². The fourth-order valence-electron chi connectivity index (χ4n) is 4.31. The van der Waals surface area contributed by atoms with E-state index in [2.05, 4.69) is 4.90 Å². The molecule has 3 atom stereocenters. The van der Waals surface area contributed by atoms with E-state index >= 15 is 0 Å². The molecule has 126 valence electrons. The summed E-state index contributed by atoms with van der Waals surface area (Å²) in [6.07, 6.45) is 4.13. The van der Waals surface area contributed by atoms with Crippen molar-refractivity contribution in [2.75, 3.05) is 13.1 Å². The minimum absolute atomic E-state index is 0.113. The zero-order chi connectivity index (χ0) is 16.6. The molecule has 0 spiro atoms. The maximum absolute atomic E-state index is 14.1. The minimum Gasteiger partial charge on any atom is -0.338 e. The number of rotatable bonds is 3. The number of carbonyl (C=O) groups excluding carboxylic acids is 1. The highest BCUT2D eigenvalue weighted by Crippen LogP contribution is 2.36. The molecular weight excluding hydrogens is 298 g/mol. The molecule has 0 unspecified atom stereocenters. The highest BCUT2D eigenvalue weighted by Gasteiger charge is 2.40. The van der Waals surface area contributed by atoms with E-state index in [9.17, 15) is 13.6 Å². The lowest BCUT2D eigenvalue weighted by Gasteiger charge is -2.38. The first kappa shape index (κ1) is 16.4. The van der Waals surface area contributed by atoms with Gasteiger partial charge in [-0.1, -0.05) is 6.07 Å². The van der Waals surface area contributed by atoms with E-state index in [0.29, 0.717) is 5.56 Å². The van der Waals surface area contributed by atoms with Gasteiger partial charge >= 0.3 is 0 Å². The monoisotopic (exact) mass is 322 g/mol. The molecule has 2 aliphatic heterocycles. The van der Waals surface area contributed by atoms with Crippen molar-refractivity contribution in [1.29, 1.82) is 0 Å². The molecular formula is C18H24F2N2O. The summed E-state index contributed by atoms with van der Waals surface area (Å²) in [5.74, 6) is -0.909. The van der Waals surface area contributed by atoms with Crippen molar-refractivity contribution in [2.45, 2.75) is 57.7 Å². The molecule has 23 heavy (non-hydrogen) atoms. The molecule has 1 aromatic carbocycles. The number of amides is 1. The van der Waals surface area contributed by atoms with Crippen LogP contribution in [-0.2, 0) is 4.79 Å². The van der Waals surface area contributed by atoms with Crippen molar-refractivity contribution in [3.05, 3.63) is 35.4 Å². The minimum atomic E-state index is -0.546. The zero-order valence-electron chi connectivity index (χ0n) is 13.8. The quantitative estimate of drug-likeness (QED) is 0.850. The van der Waals surface area contributed by atoms with Crippen LogP contribution < -0.4 is 0 Å². The molecule has 3 nitrogen and oxygen atoms in total. The van der Waals surface area contributed by atoms with E-state index in [1.54, 1.807) is 13.0 Å². The van der Waals surface area contributed by atoms with Crippen molar-refractivity contribution >= 4 is 5.91 Å². The van der Waals surface area contributed by atoms with Gasteiger partial charge in [-0.05, 0) is 45.2 Å². The maximum atomic E-state index is 14.1. The number of halogens is 2. The second-order valence-electron chi connectivity index (χ2n) is 6.71. The molecule has 2 saturated heterocycles. The van der Waals surface area contributed by atoms with E-state index in [1.807, 2.05) is 11.8 Å². The van der Waals surface area contributed by atoms with Crippen molar-refractivity contribution in [3.63, 3.8) is 0 Å². The van der Waals surface area contributed by atoms with Gasteiger partial charge in [0.25, 0.3) is 0 Å². The first-order valence-corrected chi connectivity index (χ1v) is 8.47. The fraction of sp³-hybridized carbons (Fsp3) is 0.611. The molecule has 5 heteroatoms. The van der Waals surface area contributed by atoms with Gasteiger partial charge in [0.05, 0.1) is 0 Å². The van der Waals surface area contributed by atoms with E-state index < -0.39 is 11.6 Å². The van der Waals surface area contributed by atoms with Gasteiger partial charge in [-0.25, -0.2) is 8.78 Å². The summed E-state index contributed by atoms with van der Waals surface area (Å²) >= 11 is 0. The topological polar surface area (TPSA) is 23.6 Å². The average Bonchev–Trinajstić information content (AvgIpc) is 3.15. The third-order valence-corrected chi connectivity index (χ3v) is 5.40. The maximum Gasteiger partial charge on any atom is 0.219 e.